The van der Waals surface area contributed by atoms with Gasteiger partial charge in [0, 0.05) is 24.6 Å². The number of carbonyl (C=O) groups excluding carboxylic acids is 1. The number of aryl methyl sites for hydroxylation is 1. The summed E-state index contributed by atoms with van der Waals surface area (Å²) in [7, 11) is 0. The summed E-state index contributed by atoms with van der Waals surface area (Å²) in [5, 5.41) is 0. The van der Waals surface area contributed by atoms with Gasteiger partial charge in [0.2, 0.25) is 5.91 Å². The molecule has 1 amide bonds. The van der Waals surface area contributed by atoms with Gasteiger partial charge in [0.05, 0.1) is 17.6 Å². The van der Waals surface area contributed by atoms with Gasteiger partial charge in [-0.1, -0.05) is 30.2 Å². The Hall–Kier alpha value is -3.06. The van der Waals surface area contributed by atoms with Crippen LogP contribution in [0, 0.1) is 19.3 Å². The van der Waals surface area contributed by atoms with Crippen LogP contribution in [0.3, 0.4) is 0 Å². The lowest BCUT2D eigenvalue weighted by molar-refractivity contribution is -0.117. The van der Waals surface area contributed by atoms with Gasteiger partial charge in [0.15, 0.2) is 0 Å². The molecule has 4 nitrogen and oxygen atoms in total. The quantitative estimate of drug-likeness (QED) is 0.690. The molecule has 1 unspecified atom stereocenters. The van der Waals surface area contributed by atoms with Crippen LogP contribution in [0.15, 0.2) is 48.5 Å². The number of amides is 1. The minimum absolute atomic E-state index is 0.0498. The molecule has 0 N–H and O–H groups in total. The number of benzene rings is 2. The number of imidazole rings is 1. The van der Waals surface area contributed by atoms with Gasteiger partial charge >= 0.3 is 0 Å². The van der Waals surface area contributed by atoms with Crippen LogP contribution in [0.1, 0.15) is 23.7 Å². The largest absolute Gasteiger partial charge is 0.316 e. The van der Waals surface area contributed by atoms with Crippen molar-refractivity contribution in [2.24, 2.45) is 0 Å². The molecule has 1 saturated heterocycles. The van der Waals surface area contributed by atoms with E-state index in [2.05, 4.69) is 10.5 Å². The summed E-state index contributed by atoms with van der Waals surface area (Å²) >= 11 is 0. The van der Waals surface area contributed by atoms with E-state index in [1.54, 1.807) is 0 Å². The summed E-state index contributed by atoms with van der Waals surface area (Å²) in [5.41, 5.74) is 4.05. The molecule has 0 spiro atoms. The van der Waals surface area contributed by atoms with E-state index in [0.29, 0.717) is 19.5 Å². The van der Waals surface area contributed by atoms with Crippen molar-refractivity contribution in [2.75, 3.05) is 11.4 Å². The average molecular weight is 329 g/mol. The maximum absolute atomic E-state index is 12.6. The zero-order valence-corrected chi connectivity index (χ0v) is 14.1. The van der Waals surface area contributed by atoms with E-state index < -0.39 is 0 Å². The lowest BCUT2D eigenvalue weighted by Gasteiger charge is -2.17. The van der Waals surface area contributed by atoms with Crippen molar-refractivity contribution in [1.29, 1.82) is 0 Å². The number of rotatable bonds is 3. The van der Waals surface area contributed by atoms with E-state index in [4.69, 9.17) is 11.4 Å². The van der Waals surface area contributed by atoms with Crippen molar-refractivity contribution in [3.8, 4) is 12.3 Å². The predicted octanol–water partition coefficient (Wildman–Crippen LogP) is 3.50. The summed E-state index contributed by atoms with van der Waals surface area (Å²) in [6.07, 6.45) is 6.02. The van der Waals surface area contributed by atoms with Gasteiger partial charge in [-0.05, 0) is 36.8 Å². The maximum Gasteiger partial charge on any atom is 0.227 e. The van der Waals surface area contributed by atoms with Crippen molar-refractivity contribution >= 4 is 22.6 Å². The summed E-state index contributed by atoms with van der Waals surface area (Å²) in [5.74, 6) is 3.80. The third-order valence-corrected chi connectivity index (χ3v) is 4.74. The smallest absolute Gasteiger partial charge is 0.227 e. The molecule has 1 atom stereocenters. The van der Waals surface area contributed by atoms with Crippen molar-refractivity contribution in [2.45, 2.75) is 25.8 Å². The van der Waals surface area contributed by atoms with Crippen molar-refractivity contribution < 1.29 is 4.79 Å². The number of hydrogen-bond donors (Lipinski definition) is 0. The molecule has 124 valence electrons. The summed E-state index contributed by atoms with van der Waals surface area (Å²) in [6, 6.07) is 16.0. The van der Waals surface area contributed by atoms with E-state index in [1.165, 1.54) is 0 Å². The van der Waals surface area contributed by atoms with Crippen molar-refractivity contribution in [3.63, 3.8) is 0 Å². The Bertz CT molecular complexity index is 996. The van der Waals surface area contributed by atoms with Crippen LogP contribution in [0.4, 0.5) is 5.69 Å². The first-order chi connectivity index (χ1) is 12.2. The minimum atomic E-state index is 0.0498. The van der Waals surface area contributed by atoms with Crippen molar-refractivity contribution in [3.05, 3.63) is 59.9 Å². The molecular weight excluding hydrogens is 310 g/mol. The van der Waals surface area contributed by atoms with Gasteiger partial charge in [-0.2, -0.15) is 0 Å². The van der Waals surface area contributed by atoms with Crippen LogP contribution < -0.4 is 4.90 Å². The molecule has 0 aliphatic carbocycles. The third kappa shape index (κ3) is 2.68. The topological polar surface area (TPSA) is 38.1 Å². The van der Waals surface area contributed by atoms with Gasteiger partial charge in [-0.3, -0.25) is 4.79 Å². The summed E-state index contributed by atoms with van der Waals surface area (Å²) < 4.78 is 2.06. The van der Waals surface area contributed by atoms with Crippen LogP contribution in [-0.2, 0) is 11.3 Å². The summed E-state index contributed by atoms with van der Waals surface area (Å²) in [4.78, 5) is 19.2. The highest BCUT2D eigenvalue weighted by atomic mass is 16.2. The highest BCUT2D eigenvalue weighted by Gasteiger charge is 2.34. The zero-order valence-electron chi connectivity index (χ0n) is 14.1. The molecule has 1 fully saturated rings. The van der Waals surface area contributed by atoms with Crippen LogP contribution in [0.2, 0.25) is 0 Å². The Balaban J connectivity index is 1.72. The minimum Gasteiger partial charge on any atom is -0.316 e. The van der Waals surface area contributed by atoms with E-state index in [-0.39, 0.29) is 11.8 Å². The Morgan fingerprint density at radius 3 is 2.88 bits per heavy atom. The fourth-order valence-corrected chi connectivity index (χ4v) is 3.59. The normalized spacial score (nSPS) is 17.2. The van der Waals surface area contributed by atoms with Gasteiger partial charge in [0.25, 0.3) is 0 Å². The van der Waals surface area contributed by atoms with E-state index in [1.807, 2.05) is 60.4 Å². The fourth-order valence-electron chi connectivity index (χ4n) is 3.59. The Morgan fingerprint density at radius 1 is 1.24 bits per heavy atom. The van der Waals surface area contributed by atoms with Crippen LogP contribution in [-0.4, -0.2) is 22.0 Å². The lowest BCUT2D eigenvalue weighted by Crippen LogP contribution is -2.24. The van der Waals surface area contributed by atoms with E-state index >= 15 is 0 Å². The Labute approximate surface area is 147 Å². The number of hydrogen-bond acceptors (Lipinski definition) is 2. The molecule has 25 heavy (non-hydrogen) atoms. The Kier molecular flexibility index (Phi) is 3.77. The van der Waals surface area contributed by atoms with E-state index in [9.17, 15) is 4.79 Å². The molecule has 2 aromatic carbocycles. The van der Waals surface area contributed by atoms with Crippen LogP contribution in [0.5, 0.6) is 0 Å². The number of aromatic nitrogens is 2. The van der Waals surface area contributed by atoms with Gasteiger partial charge in [-0.25, -0.2) is 4.98 Å². The summed E-state index contributed by atoms with van der Waals surface area (Å²) in [6.45, 7) is 3.13. The molecule has 3 aromatic rings. The van der Waals surface area contributed by atoms with Crippen molar-refractivity contribution in [1.82, 2.24) is 9.55 Å². The first-order valence-electron chi connectivity index (χ1n) is 8.43. The van der Waals surface area contributed by atoms with Gasteiger partial charge < -0.3 is 9.47 Å². The molecule has 4 rings (SSSR count). The molecule has 0 radical (unpaired) electrons. The third-order valence-electron chi connectivity index (χ3n) is 4.74. The number of nitrogens with zero attached hydrogens (tertiary/aromatic N) is 3. The molecule has 1 aromatic heterocycles. The second-order valence-electron chi connectivity index (χ2n) is 6.49. The molecule has 2 heterocycles. The molecule has 0 saturated carbocycles. The molecular formula is C21H19N3O. The van der Waals surface area contributed by atoms with Gasteiger partial charge in [-0.15, -0.1) is 6.42 Å². The highest BCUT2D eigenvalue weighted by molar-refractivity contribution is 5.96. The number of anilines is 1. The molecule has 0 bridgehead atoms. The second-order valence-corrected chi connectivity index (χ2v) is 6.49. The zero-order chi connectivity index (χ0) is 17.4. The van der Waals surface area contributed by atoms with Crippen LogP contribution >= 0.6 is 0 Å². The number of fused-ring (bicyclic) bond motifs is 1. The van der Waals surface area contributed by atoms with E-state index in [0.717, 1.165) is 28.1 Å². The average Bonchev–Trinajstić information content (AvgIpc) is 3.16. The lowest BCUT2D eigenvalue weighted by atomic mass is 10.1. The number of terminal acetylenes is 1. The molecule has 4 heteroatoms. The predicted molar refractivity (Wildman–Crippen MR) is 99.5 cm³/mol. The monoisotopic (exact) mass is 329 g/mol. The highest BCUT2D eigenvalue weighted by Crippen LogP contribution is 2.33. The maximum atomic E-state index is 12.6. The molecule has 1 aliphatic rings. The second kappa shape index (κ2) is 6.10. The SMILES string of the molecule is C#CCn1c(C2CC(=O)N(c3cccc(C)c3)C2)nc2ccccc21. The first-order valence-corrected chi connectivity index (χ1v) is 8.43. The Morgan fingerprint density at radius 2 is 2.08 bits per heavy atom. The standard InChI is InChI=1S/C21H19N3O/c1-3-11-23-19-10-5-4-9-18(19)22-21(23)16-13-20(25)24(14-16)17-8-6-7-15(2)12-17/h1,4-10,12,16H,11,13-14H2,2H3. The number of carbonyl (C=O) groups is 1. The fraction of sp³-hybridized carbons (Fsp3) is 0.238. The van der Waals surface area contributed by atoms with Crippen LogP contribution in [0.25, 0.3) is 11.0 Å². The molecule has 1 aliphatic heterocycles. The first kappa shape index (κ1) is 15.5. The van der Waals surface area contributed by atoms with Gasteiger partial charge in [0.1, 0.15) is 5.82 Å². The number of para-hydroxylation sites is 2.